The van der Waals surface area contributed by atoms with E-state index in [-0.39, 0.29) is 17.7 Å². The second kappa shape index (κ2) is 5.85. The number of pyridine rings is 1. The van der Waals surface area contributed by atoms with Gasteiger partial charge in [-0.2, -0.15) is 0 Å². The summed E-state index contributed by atoms with van der Waals surface area (Å²) in [4.78, 5) is 15.8. The van der Waals surface area contributed by atoms with Crippen molar-refractivity contribution in [1.82, 2.24) is 10.3 Å². The lowest BCUT2D eigenvalue weighted by molar-refractivity contribution is 0.0919. The quantitative estimate of drug-likeness (QED) is 0.863. The second-order valence-corrected chi connectivity index (χ2v) is 4.99. The van der Waals surface area contributed by atoms with Crippen LogP contribution >= 0.6 is 0 Å². The molecule has 1 saturated carbocycles. The predicted molar refractivity (Wildman–Crippen MR) is 69.4 cm³/mol. The first kappa shape index (κ1) is 12.9. The van der Waals surface area contributed by atoms with Crippen molar-refractivity contribution in [2.45, 2.75) is 45.1 Å². The molecule has 18 heavy (non-hydrogen) atoms. The first-order valence-electron chi connectivity index (χ1n) is 6.64. The molecular formula is C14H20N2O2. The molecule has 1 aromatic rings. The Balaban J connectivity index is 1.91. The Bertz CT molecular complexity index is 412. The first-order valence-corrected chi connectivity index (χ1v) is 6.64. The van der Waals surface area contributed by atoms with E-state index in [1.807, 2.05) is 0 Å². The summed E-state index contributed by atoms with van der Waals surface area (Å²) >= 11 is 0. The first-order chi connectivity index (χ1) is 8.70. The molecule has 0 aliphatic heterocycles. The number of hydrogen-bond acceptors (Lipinski definition) is 3. The molecule has 2 N–H and O–H groups in total. The lowest BCUT2D eigenvalue weighted by Gasteiger charge is -2.28. The van der Waals surface area contributed by atoms with Gasteiger partial charge in [0.1, 0.15) is 5.75 Å². The maximum atomic E-state index is 12.0. The van der Waals surface area contributed by atoms with Gasteiger partial charge in [0.2, 0.25) is 0 Å². The number of hydrogen-bond donors (Lipinski definition) is 2. The van der Waals surface area contributed by atoms with Gasteiger partial charge in [-0.1, -0.05) is 13.3 Å². The average Bonchev–Trinajstić information content (AvgIpc) is 2.40. The minimum Gasteiger partial charge on any atom is -0.505 e. The second-order valence-electron chi connectivity index (χ2n) is 4.99. The van der Waals surface area contributed by atoms with Crippen molar-refractivity contribution in [2.24, 2.45) is 5.92 Å². The monoisotopic (exact) mass is 248 g/mol. The molecule has 1 heterocycles. The van der Waals surface area contributed by atoms with Crippen molar-refractivity contribution in [3.63, 3.8) is 0 Å². The molecule has 0 spiro atoms. The SMILES string of the molecule is CCC1CCC(NC(=O)c2ccncc2O)CC1. The Kier molecular flexibility index (Phi) is 4.18. The Hall–Kier alpha value is -1.58. The molecular weight excluding hydrogens is 228 g/mol. The fourth-order valence-electron chi connectivity index (χ4n) is 2.56. The molecule has 0 unspecified atom stereocenters. The van der Waals surface area contributed by atoms with Crippen LogP contribution in [0.5, 0.6) is 5.75 Å². The molecule has 98 valence electrons. The van der Waals surface area contributed by atoms with E-state index < -0.39 is 0 Å². The summed E-state index contributed by atoms with van der Waals surface area (Å²) in [7, 11) is 0. The third-order valence-corrected chi connectivity index (χ3v) is 3.80. The molecule has 4 heteroatoms. The molecule has 1 aromatic heterocycles. The summed E-state index contributed by atoms with van der Waals surface area (Å²) in [6.07, 6.45) is 8.48. The van der Waals surface area contributed by atoms with Crippen LogP contribution in [-0.4, -0.2) is 22.0 Å². The highest BCUT2D eigenvalue weighted by atomic mass is 16.3. The van der Waals surface area contributed by atoms with Crippen molar-refractivity contribution < 1.29 is 9.90 Å². The van der Waals surface area contributed by atoms with Crippen LogP contribution in [0.15, 0.2) is 18.5 Å². The maximum Gasteiger partial charge on any atom is 0.255 e. The Morgan fingerprint density at radius 2 is 2.17 bits per heavy atom. The van der Waals surface area contributed by atoms with Crippen LogP contribution in [0.1, 0.15) is 49.4 Å². The molecule has 0 bridgehead atoms. The summed E-state index contributed by atoms with van der Waals surface area (Å²) in [6.45, 7) is 2.22. The number of carbonyl (C=O) groups is 1. The van der Waals surface area contributed by atoms with E-state index in [0.29, 0.717) is 5.56 Å². The fourth-order valence-corrected chi connectivity index (χ4v) is 2.56. The summed E-state index contributed by atoms with van der Waals surface area (Å²) < 4.78 is 0. The van der Waals surface area contributed by atoms with Gasteiger partial charge in [-0.3, -0.25) is 9.78 Å². The predicted octanol–water partition coefficient (Wildman–Crippen LogP) is 2.49. The summed E-state index contributed by atoms with van der Waals surface area (Å²) in [5, 5.41) is 12.6. The number of aromatic hydroxyl groups is 1. The van der Waals surface area contributed by atoms with Crippen LogP contribution in [0.3, 0.4) is 0 Å². The van der Waals surface area contributed by atoms with Crippen molar-refractivity contribution in [1.29, 1.82) is 0 Å². The lowest BCUT2D eigenvalue weighted by Crippen LogP contribution is -2.37. The molecule has 1 aliphatic carbocycles. The average molecular weight is 248 g/mol. The number of nitrogens with one attached hydrogen (secondary N) is 1. The Labute approximate surface area is 107 Å². The fraction of sp³-hybridized carbons (Fsp3) is 0.571. The van der Waals surface area contributed by atoms with Gasteiger partial charge in [0, 0.05) is 12.2 Å². The van der Waals surface area contributed by atoms with Crippen molar-refractivity contribution in [3.8, 4) is 5.75 Å². The van der Waals surface area contributed by atoms with E-state index in [1.54, 1.807) is 6.07 Å². The topological polar surface area (TPSA) is 62.2 Å². The standard InChI is InChI=1S/C14H20N2O2/c1-2-10-3-5-11(6-4-10)16-14(18)12-7-8-15-9-13(12)17/h7-11,17H,2-6H2,1H3,(H,16,18). The molecule has 2 rings (SSSR count). The van der Waals surface area contributed by atoms with Gasteiger partial charge in [-0.25, -0.2) is 0 Å². The smallest absolute Gasteiger partial charge is 0.255 e. The summed E-state index contributed by atoms with van der Waals surface area (Å²) in [5.74, 6) is 0.555. The molecule has 1 amide bonds. The van der Waals surface area contributed by atoms with Crippen LogP contribution < -0.4 is 5.32 Å². The molecule has 1 fully saturated rings. The minimum atomic E-state index is -0.199. The van der Waals surface area contributed by atoms with Gasteiger partial charge in [0.25, 0.3) is 5.91 Å². The van der Waals surface area contributed by atoms with E-state index >= 15 is 0 Å². The zero-order valence-electron chi connectivity index (χ0n) is 10.7. The van der Waals surface area contributed by atoms with Crippen molar-refractivity contribution in [2.75, 3.05) is 0 Å². The van der Waals surface area contributed by atoms with Gasteiger partial charge >= 0.3 is 0 Å². The number of nitrogens with zero attached hydrogens (tertiary/aromatic N) is 1. The summed E-state index contributed by atoms with van der Waals surface area (Å²) in [5.41, 5.74) is 0.308. The van der Waals surface area contributed by atoms with E-state index in [4.69, 9.17) is 0 Å². The third kappa shape index (κ3) is 3.00. The van der Waals surface area contributed by atoms with Crippen LogP contribution in [-0.2, 0) is 0 Å². The highest BCUT2D eigenvalue weighted by Gasteiger charge is 2.22. The number of rotatable bonds is 3. The third-order valence-electron chi connectivity index (χ3n) is 3.80. The molecule has 0 aromatic carbocycles. The van der Waals surface area contributed by atoms with Gasteiger partial charge in [0.15, 0.2) is 0 Å². The van der Waals surface area contributed by atoms with E-state index in [0.717, 1.165) is 18.8 Å². The largest absolute Gasteiger partial charge is 0.505 e. The van der Waals surface area contributed by atoms with Crippen LogP contribution in [0.4, 0.5) is 0 Å². The molecule has 0 radical (unpaired) electrons. The van der Waals surface area contributed by atoms with Gasteiger partial charge in [0.05, 0.1) is 11.8 Å². The number of aromatic nitrogens is 1. The lowest BCUT2D eigenvalue weighted by atomic mass is 9.84. The van der Waals surface area contributed by atoms with Crippen LogP contribution in [0.2, 0.25) is 0 Å². The minimum absolute atomic E-state index is 0.0581. The maximum absolute atomic E-state index is 12.0. The van der Waals surface area contributed by atoms with E-state index in [9.17, 15) is 9.90 Å². The Morgan fingerprint density at radius 3 is 2.78 bits per heavy atom. The van der Waals surface area contributed by atoms with Crippen LogP contribution in [0, 0.1) is 5.92 Å². The molecule has 0 saturated heterocycles. The normalized spacial score (nSPS) is 23.6. The summed E-state index contributed by atoms with van der Waals surface area (Å²) in [6, 6.07) is 1.79. The molecule has 4 nitrogen and oxygen atoms in total. The highest BCUT2D eigenvalue weighted by molar-refractivity contribution is 5.96. The van der Waals surface area contributed by atoms with Gasteiger partial charge in [-0.05, 0) is 37.7 Å². The number of amides is 1. The molecule has 0 atom stereocenters. The molecule has 1 aliphatic rings. The van der Waals surface area contributed by atoms with Crippen molar-refractivity contribution in [3.05, 3.63) is 24.0 Å². The van der Waals surface area contributed by atoms with E-state index in [1.165, 1.54) is 31.7 Å². The van der Waals surface area contributed by atoms with Gasteiger partial charge in [-0.15, -0.1) is 0 Å². The zero-order chi connectivity index (χ0) is 13.0. The van der Waals surface area contributed by atoms with Gasteiger partial charge < -0.3 is 10.4 Å². The highest BCUT2D eigenvalue weighted by Crippen LogP contribution is 2.26. The zero-order valence-corrected chi connectivity index (χ0v) is 10.7. The number of carbonyl (C=O) groups excluding carboxylic acids is 1. The van der Waals surface area contributed by atoms with E-state index in [2.05, 4.69) is 17.2 Å². The Morgan fingerprint density at radius 1 is 1.44 bits per heavy atom. The van der Waals surface area contributed by atoms with Crippen molar-refractivity contribution >= 4 is 5.91 Å². The van der Waals surface area contributed by atoms with Crippen LogP contribution in [0.25, 0.3) is 0 Å².